The molecule has 0 unspecified atom stereocenters. The average molecular weight is 446 g/mol. The fraction of sp³-hybridized carbons (Fsp3) is 0.308. The summed E-state index contributed by atoms with van der Waals surface area (Å²) in [5, 5.41) is 9.03. The fourth-order valence-electron chi connectivity index (χ4n) is 4.96. The number of methoxy groups -OCH3 is 1. The summed E-state index contributed by atoms with van der Waals surface area (Å²) in [6.45, 7) is 1.01. The summed E-state index contributed by atoms with van der Waals surface area (Å²) in [6.07, 6.45) is 2.60. The summed E-state index contributed by atoms with van der Waals surface area (Å²) in [7, 11) is 5.56. The second-order valence-corrected chi connectivity index (χ2v) is 8.68. The number of carbonyl (C=O) groups is 1. The summed E-state index contributed by atoms with van der Waals surface area (Å²) >= 11 is 0. The van der Waals surface area contributed by atoms with E-state index in [1.165, 1.54) is 6.21 Å². The molecular formula is C26H27N3O4. The Morgan fingerprint density at radius 2 is 1.91 bits per heavy atom. The molecule has 3 aromatic rings. The minimum absolute atomic E-state index is 0.146. The van der Waals surface area contributed by atoms with Gasteiger partial charge in [-0.05, 0) is 24.3 Å². The minimum Gasteiger partial charge on any atom is -0.493 e. The molecule has 2 aromatic carbocycles. The Morgan fingerprint density at radius 3 is 2.61 bits per heavy atom. The van der Waals surface area contributed by atoms with Gasteiger partial charge in [-0.3, -0.25) is 4.79 Å². The number of furan rings is 1. The van der Waals surface area contributed by atoms with E-state index in [0.717, 1.165) is 28.0 Å². The lowest BCUT2D eigenvalue weighted by Crippen LogP contribution is -2.53. The molecule has 33 heavy (non-hydrogen) atoms. The standard InChI is InChI=1S/C26H27N3O4/c1-28(2)23-18-8-4-5-9-20(18)33-26(19(23)16-27)11-13-29(14-12-26)25(30)22-15-17-7-6-10-21(31-3)24(17)32-22/h4-10,15-16,27H,11-14H2,1-3H3. The van der Waals surface area contributed by atoms with Crippen LogP contribution in [0, 0.1) is 5.41 Å². The van der Waals surface area contributed by atoms with Gasteiger partial charge in [0.25, 0.3) is 5.91 Å². The van der Waals surface area contributed by atoms with Gasteiger partial charge in [-0.25, -0.2) is 0 Å². The van der Waals surface area contributed by atoms with E-state index in [-0.39, 0.29) is 5.91 Å². The van der Waals surface area contributed by atoms with E-state index in [0.29, 0.717) is 43.0 Å². The van der Waals surface area contributed by atoms with E-state index in [1.807, 2.05) is 61.5 Å². The number of fused-ring (bicyclic) bond motifs is 2. The second-order valence-electron chi connectivity index (χ2n) is 8.68. The van der Waals surface area contributed by atoms with E-state index >= 15 is 0 Å². The zero-order valence-corrected chi connectivity index (χ0v) is 19.1. The molecule has 0 radical (unpaired) electrons. The molecule has 0 aliphatic carbocycles. The van der Waals surface area contributed by atoms with Crippen LogP contribution in [0.4, 0.5) is 0 Å². The van der Waals surface area contributed by atoms with Crippen molar-refractivity contribution in [1.82, 2.24) is 9.80 Å². The first kappa shape index (κ1) is 21.1. The zero-order valence-electron chi connectivity index (χ0n) is 19.1. The quantitative estimate of drug-likeness (QED) is 0.601. The molecule has 1 N–H and O–H groups in total. The Labute approximate surface area is 192 Å². The number of hydrogen-bond donors (Lipinski definition) is 1. The number of rotatable bonds is 4. The number of nitrogens with one attached hydrogen (secondary N) is 1. The minimum atomic E-state index is -0.635. The molecule has 1 spiro atoms. The molecule has 7 nitrogen and oxygen atoms in total. The lowest BCUT2D eigenvalue weighted by Gasteiger charge is -2.46. The molecule has 1 fully saturated rings. The zero-order chi connectivity index (χ0) is 23.2. The van der Waals surface area contributed by atoms with Crippen molar-refractivity contribution < 1.29 is 18.7 Å². The Bertz CT molecular complexity index is 1270. The number of hydrogen-bond acceptors (Lipinski definition) is 6. The molecule has 0 atom stereocenters. The number of ether oxygens (including phenoxy) is 2. The number of benzene rings is 2. The maximum Gasteiger partial charge on any atom is 0.289 e. The van der Waals surface area contributed by atoms with Crippen LogP contribution in [-0.4, -0.2) is 61.8 Å². The Hall–Kier alpha value is -3.74. The predicted molar refractivity (Wildman–Crippen MR) is 127 cm³/mol. The summed E-state index contributed by atoms with van der Waals surface area (Å²) in [6, 6.07) is 15.3. The molecule has 1 amide bonds. The normalized spacial score (nSPS) is 17.0. The van der Waals surface area contributed by atoms with Crippen molar-refractivity contribution in [2.45, 2.75) is 18.4 Å². The molecule has 2 aliphatic heterocycles. The fourth-order valence-corrected chi connectivity index (χ4v) is 4.96. The van der Waals surface area contributed by atoms with Crippen molar-refractivity contribution in [1.29, 1.82) is 5.41 Å². The molecule has 2 aliphatic rings. The summed E-state index contributed by atoms with van der Waals surface area (Å²) in [5.74, 6) is 1.58. The number of nitrogens with zero attached hydrogens (tertiary/aromatic N) is 2. The highest BCUT2D eigenvalue weighted by Gasteiger charge is 2.46. The van der Waals surface area contributed by atoms with Crippen LogP contribution >= 0.6 is 0 Å². The van der Waals surface area contributed by atoms with Crippen LogP contribution in [0.2, 0.25) is 0 Å². The molecule has 3 heterocycles. The Balaban J connectivity index is 1.43. The third-order valence-corrected chi connectivity index (χ3v) is 6.58. The number of carbonyl (C=O) groups excluding carboxylic acids is 1. The predicted octanol–water partition coefficient (Wildman–Crippen LogP) is 4.43. The van der Waals surface area contributed by atoms with E-state index in [4.69, 9.17) is 19.3 Å². The largest absolute Gasteiger partial charge is 0.493 e. The van der Waals surface area contributed by atoms with Crippen LogP contribution in [0.5, 0.6) is 11.5 Å². The molecule has 5 rings (SSSR count). The van der Waals surface area contributed by atoms with Gasteiger partial charge >= 0.3 is 0 Å². The van der Waals surface area contributed by atoms with Crippen LogP contribution in [0.15, 0.2) is 58.5 Å². The summed E-state index contributed by atoms with van der Waals surface area (Å²) in [5.41, 5.74) is 2.78. The van der Waals surface area contributed by atoms with E-state index in [2.05, 4.69) is 0 Å². The van der Waals surface area contributed by atoms with Crippen molar-refractivity contribution in [3.05, 3.63) is 65.4 Å². The third-order valence-electron chi connectivity index (χ3n) is 6.58. The molecule has 170 valence electrons. The second kappa shape index (κ2) is 7.99. The van der Waals surface area contributed by atoms with Gasteiger partial charge in [0.05, 0.1) is 12.8 Å². The highest BCUT2D eigenvalue weighted by molar-refractivity contribution is 5.98. The third kappa shape index (κ3) is 3.35. The van der Waals surface area contributed by atoms with Gasteiger partial charge in [-0.2, -0.15) is 0 Å². The monoisotopic (exact) mass is 445 g/mol. The highest BCUT2D eigenvalue weighted by Crippen LogP contribution is 2.45. The van der Waals surface area contributed by atoms with Gasteiger partial charge in [0.15, 0.2) is 17.1 Å². The lowest BCUT2D eigenvalue weighted by molar-refractivity contribution is 0.0271. The number of amides is 1. The van der Waals surface area contributed by atoms with Crippen molar-refractivity contribution in [3.63, 3.8) is 0 Å². The molecular weight excluding hydrogens is 418 g/mol. The first-order chi connectivity index (χ1) is 16.0. The topological polar surface area (TPSA) is 79.0 Å². The number of piperidine rings is 1. The first-order valence-corrected chi connectivity index (χ1v) is 11.0. The van der Waals surface area contributed by atoms with Crippen molar-refractivity contribution >= 4 is 28.8 Å². The Kier molecular flexibility index (Phi) is 5.12. The maximum atomic E-state index is 13.2. The van der Waals surface area contributed by atoms with Crippen LogP contribution in [0.3, 0.4) is 0 Å². The highest BCUT2D eigenvalue weighted by atomic mass is 16.5. The summed E-state index contributed by atoms with van der Waals surface area (Å²) < 4.78 is 17.8. The lowest BCUT2D eigenvalue weighted by atomic mass is 9.79. The van der Waals surface area contributed by atoms with Crippen LogP contribution < -0.4 is 9.47 Å². The molecule has 7 heteroatoms. The van der Waals surface area contributed by atoms with Crippen molar-refractivity contribution in [3.8, 4) is 11.5 Å². The van der Waals surface area contributed by atoms with Gasteiger partial charge in [-0.15, -0.1) is 0 Å². The molecule has 0 saturated carbocycles. The van der Waals surface area contributed by atoms with E-state index in [9.17, 15) is 4.79 Å². The van der Waals surface area contributed by atoms with E-state index in [1.54, 1.807) is 18.1 Å². The molecule has 0 bridgehead atoms. The number of likely N-dealkylation sites (tertiary alicyclic amines) is 1. The average Bonchev–Trinajstić information content (AvgIpc) is 3.27. The maximum absolute atomic E-state index is 13.2. The van der Waals surface area contributed by atoms with Gasteiger partial charge in [0.2, 0.25) is 0 Å². The summed E-state index contributed by atoms with van der Waals surface area (Å²) in [4.78, 5) is 17.1. The molecule has 1 aromatic heterocycles. The van der Waals surface area contributed by atoms with E-state index < -0.39 is 5.60 Å². The first-order valence-electron chi connectivity index (χ1n) is 11.0. The van der Waals surface area contributed by atoms with Crippen LogP contribution in [0.25, 0.3) is 16.7 Å². The molecule has 1 saturated heterocycles. The number of para-hydroxylation sites is 2. The van der Waals surface area contributed by atoms with Gasteiger partial charge < -0.3 is 29.1 Å². The van der Waals surface area contributed by atoms with Gasteiger partial charge in [-0.1, -0.05) is 24.3 Å². The van der Waals surface area contributed by atoms with Crippen LogP contribution in [-0.2, 0) is 0 Å². The van der Waals surface area contributed by atoms with Crippen molar-refractivity contribution in [2.75, 3.05) is 34.3 Å². The van der Waals surface area contributed by atoms with Crippen molar-refractivity contribution in [2.24, 2.45) is 0 Å². The van der Waals surface area contributed by atoms with Gasteiger partial charge in [0.1, 0.15) is 11.4 Å². The van der Waals surface area contributed by atoms with Gasteiger partial charge in [0, 0.05) is 62.8 Å². The SMILES string of the molecule is COc1cccc2cc(C(=O)N3CCC4(CC3)Oc3ccccc3C(N(C)C)=C4C=N)oc12. The Morgan fingerprint density at radius 1 is 1.15 bits per heavy atom. The smallest absolute Gasteiger partial charge is 0.289 e. The van der Waals surface area contributed by atoms with Crippen LogP contribution in [0.1, 0.15) is 29.0 Å².